The van der Waals surface area contributed by atoms with E-state index in [2.05, 4.69) is 27.4 Å². The molecule has 0 aromatic rings. The van der Waals surface area contributed by atoms with E-state index in [9.17, 15) is 9.90 Å². The van der Waals surface area contributed by atoms with Gasteiger partial charge in [0.15, 0.2) is 0 Å². The van der Waals surface area contributed by atoms with Gasteiger partial charge in [-0.15, -0.1) is 0 Å². The number of carbonyl (C=O) groups excluding carboxylic acids is 1. The number of hydrogen-bond acceptors (Lipinski definition) is 6. The van der Waals surface area contributed by atoms with Gasteiger partial charge in [0, 0.05) is 24.7 Å². The molecule has 4 unspecified atom stereocenters. The summed E-state index contributed by atoms with van der Waals surface area (Å²) >= 11 is 0. The van der Waals surface area contributed by atoms with Crippen LogP contribution in [0, 0.1) is 34.5 Å². The molecule has 0 aromatic carbocycles. The van der Waals surface area contributed by atoms with E-state index >= 15 is 0 Å². The fraction of sp³-hybridized carbons (Fsp3) is 0.885. The standard InChI is InChI=1S/C26H42O6/c1-6-8-16(3)31-32-23-14-17-13-20(27)24-18-9-10-21(30-22(28)7-2)25(18,4)12-11-19(24)26(17,5)15-29-23/h17-21,23-24,27H,3,6-15H2,1-2,4-5H3/t17?,18?,19?,20-,21-,23+,24?,25-,26-/m0/s1. The first-order chi connectivity index (χ1) is 15.2. The minimum Gasteiger partial charge on any atom is -0.462 e. The van der Waals surface area contributed by atoms with Crippen LogP contribution < -0.4 is 0 Å². The molecule has 0 aromatic heterocycles. The minimum absolute atomic E-state index is 0.0176. The molecule has 3 aliphatic carbocycles. The number of aliphatic hydroxyl groups excluding tert-OH is 1. The van der Waals surface area contributed by atoms with Crippen LogP contribution in [0.2, 0.25) is 0 Å². The third-order valence-corrected chi connectivity index (χ3v) is 9.42. The second-order valence-electron chi connectivity index (χ2n) is 11.2. The van der Waals surface area contributed by atoms with Gasteiger partial charge in [-0.3, -0.25) is 4.79 Å². The van der Waals surface area contributed by atoms with E-state index in [4.69, 9.17) is 19.2 Å². The van der Waals surface area contributed by atoms with Gasteiger partial charge in [0.1, 0.15) is 11.9 Å². The van der Waals surface area contributed by atoms with Crippen molar-refractivity contribution < 1.29 is 29.1 Å². The highest BCUT2D eigenvalue weighted by atomic mass is 17.2. The summed E-state index contributed by atoms with van der Waals surface area (Å²) in [5, 5.41) is 11.4. The summed E-state index contributed by atoms with van der Waals surface area (Å²) in [5.41, 5.74) is -0.0193. The molecule has 1 heterocycles. The summed E-state index contributed by atoms with van der Waals surface area (Å²) in [6, 6.07) is 0. The molecular formula is C26H42O6. The highest BCUT2D eigenvalue weighted by Crippen LogP contribution is 2.65. The van der Waals surface area contributed by atoms with E-state index in [0.29, 0.717) is 36.5 Å². The van der Waals surface area contributed by atoms with E-state index in [0.717, 1.165) is 51.4 Å². The van der Waals surface area contributed by atoms with Gasteiger partial charge in [0.2, 0.25) is 6.29 Å². The third-order valence-electron chi connectivity index (χ3n) is 9.42. The molecule has 4 aliphatic rings. The zero-order chi connectivity index (χ0) is 23.1. The highest BCUT2D eigenvalue weighted by Gasteiger charge is 2.63. The van der Waals surface area contributed by atoms with Gasteiger partial charge in [-0.2, -0.15) is 4.89 Å². The Bertz CT molecular complexity index is 708. The number of carbonyl (C=O) groups is 1. The van der Waals surface area contributed by atoms with Crippen LogP contribution in [0.15, 0.2) is 12.3 Å². The molecule has 1 N–H and O–H groups in total. The molecule has 1 saturated heterocycles. The number of ether oxygens (including phenoxy) is 2. The zero-order valence-electron chi connectivity index (χ0n) is 20.3. The zero-order valence-corrected chi connectivity index (χ0v) is 20.3. The molecule has 4 rings (SSSR count). The summed E-state index contributed by atoms with van der Waals surface area (Å²) in [6.45, 7) is 13.1. The van der Waals surface area contributed by atoms with Crippen LogP contribution in [-0.4, -0.2) is 36.2 Å². The number of esters is 1. The highest BCUT2D eigenvalue weighted by molar-refractivity contribution is 5.69. The van der Waals surface area contributed by atoms with E-state index in [-0.39, 0.29) is 34.9 Å². The van der Waals surface area contributed by atoms with Crippen molar-refractivity contribution in [3.05, 3.63) is 12.3 Å². The van der Waals surface area contributed by atoms with E-state index in [1.807, 2.05) is 6.92 Å². The molecular weight excluding hydrogens is 408 g/mol. The Morgan fingerprint density at radius 3 is 2.59 bits per heavy atom. The Kier molecular flexibility index (Phi) is 6.96. The smallest absolute Gasteiger partial charge is 0.305 e. The van der Waals surface area contributed by atoms with Crippen molar-refractivity contribution in [1.29, 1.82) is 0 Å². The lowest BCUT2D eigenvalue weighted by Gasteiger charge is -2.61. The Balaban J connectivity index is 1.45. The van der Waals surface area contributed by atoms with Gasteiger partial charge in [-0.25, -0.2) is 0 Å². The van der Waals surface area contributed by atoms with Crippen LogP contribution in [0.3, 0.4) is 0 Å². The van der Waals surface area contributed by atoms with Crippen LogP contribution >= 0.6 is 0 Å². The number of fused-ring (bicyclic) bond motifs is 5. The van der Waals surface area contributed by atoms with E-state index < -0.39 is 6.29 Å². The monoisotopic (exact) mass is 450 g/mol. The van der Waals surface area contributed by atoms with Crippen LogP contribution in [0.5, 0.6) is 0 Å². The summed E-state index contributed by atoms with van der Waals surface area (Å²) in [4.78, 5) is 22.9. The summed E-state index contributed by atoms with van der Waals surface area (Å²) in [5.74, 6) is 1.89. The predicted molar refractivity (Wildman–Crippen MR) is 120 cm³/mol. The van der Waals surface area contributed by atoms with Crippen molar-refractivity contribution in [2.45, 2.75) is 104 Å². The SMILES string of the molecule is C=C(CCC)OO[C@@H]1CC2C[C@H](O)C3C(CC[C@@]4(C)C3CC[C@@H]4OC(=O)CC)[C@@]2(C)CO1. The van der Waals surface area contributed by atoms with Crippen LogP contribution in [0.25, 0.3) is 0 Å². The summed E-state index contributed by atoms with van der Waals surface area (Å²) < 4.78 is 12.0. The fourth-order valence-corrected chi connectivity index (χ4v) is 7.58. The Hall–Kier alpha value is -1.11. The molecule has 0 radical (unpaired) electrons. The lowest BCUT2D eigenvalue weighted by Crippen LogP contribution is -2.61. The lowest BCUT2D eigenvalue weighted by atomic mass is 9.46. The second-order valence-corrected chi connectivity index (χ2v) is 11.2. The van der Waals surface area contributed by atoms with Gasteiger partial charge in [-0.05, 0) is 67.6 Å². The minimum atomic E-state index is -0.413. The maximum atomic E-state index is 12.0. The van der Waals surface area contributed by atoms with Crippen molar-refractivity contribution in [2.24, 2.45) is 34.5 Å². The molecule has 9 atom stereocenters. The van der Waals surface area contributed by atoms with Gasteiger partial charge >= 0.3 is 5.97 Å². The quantitative estimate of drug-likeness (QED) is 0.250. The second kappa shape index (κ2) is 9.27. The van der Waals surface area contributed by atoms with Gasteiger partial charge in [0.05, 0.1) is 12.7 Å². The molecule has 3 saturated carbocycles. The van der Waals surface area contributed by atoms with Crippen molar-refractivity contribution in [1.82, 2.24) is 0 Å². The first-order valence-corrected chi connectivity index (χ1v) is 12.7. The van der Waals surface area contributed by atoms with Gasteiger partial charge in [-0.1, -0.05) is 34.3 Å². The number of allylic oxidation sites excluding steroid dienone is 1. The maximum absolute atomic E-state index is 12.0. The van der Waals surface area contributed by atoms with Crippen LogP contribution in [0.1, 0.15) is 85.5 Å². The van der Waals surface area contributed by atoms with E-state index in [1.165, 1.54) is 0 Å². The van der Waals surface area contributed by atoms with Gasteiger partial charge in [0.25, 0.3) is 0 Å². The first kappa shape index (κ1) is 24.0. The molecule has 0 bridgehead atoms. The Labute approximate surface area is 192 Å². The average molecular weight is 451 g/mol. The van der Waals surface area contributed by atoms with Crippen LogP contribution in [-0.2, 0) is 24.0 Å². The molecule has 0 spiro atoms. The molecule has 1 aliphatic heterocycles. The average Bonchev–Trinajstić information content (AvgIpc) is 3.09. The lowest BCUT2D eigenvalue weighted by molar-refractivity contribution is -0.383. The first-order valence-electron chi connectivity index (χ1n) is 12.7. The number of aliphatic hydroxyl groups is 1. The molecule has 0 amide bonds. The topological polar surface area (TPSA) is 74.2 Å². The predicted octanol–water partition coefficient (Wildman–Crippen LogP) is 5.15. The third kappa shape index (κ3) is 4.12. The van der Waals surface area contributed by atoms with Crippen molar-refractivity contribution in [2.75, 3.05) is 6.61 Å². The molecule has 182 valence electrons. The fourth-order valence-electron chi connectivity index (χ4n) is 7.58. The summed E-state index contributed by atoms with van der Waals surface area (Å²) in [6.07, 6.45) is 6.89. The van der Waals surface area contributed by atoms with Gasteiger partial charge < -0.3 is 19.5 Å². The van der Waals surface area contributed by atoms with Crippen LogP contribution in [0.4, 0.5) is 0 Å². The Morgan fingerprint density at radius 1 is 1.12 bits per heavy atom. The number of hydrogen-bond donors (Lipinski definition) is 1. The number of rotatable bonds is 7. The van der Waals surface area contributed by atoms with Crippen molar-refractivity contribution in [3.8, 4) is 0 Å². The molecule has 32 heavy (non-hydrogen) atoms. The Morgan fingerprint density at radius 2 is 1.88 bits per heavy atom. The largest absolute Gasteiger partial charge is 0.462 e. The normalized spacial score (nSPS) is 45.3. The van der Waals surface area contributed by atoms with E-state index in [1.54, 1.807) is 0 Å². The molecule has 4 fully saturated rings. The van der Waals surface area contributed by atoms with Crippen molar-refractivity contribution >= 4 is 5.97 Å². The van der Waals surface area contributed by atoms with Crippen molar-refractivity contribution in [3.63, 3.8) is 0 Å². The molecule has 6 nitrogen and oxygen atoms in total. The summed E-state index contributed by atoms with van der Waals surface area (Å²) in [7, 11) is 0. The molecule has 6 heteroatoms. The maximum Gasteiger partial charge on any atom is 0.305 e.